The Bertz CT molecular complexity index is 881. The largest absolute Gasteiger partial charge is 0.382 e. The first-order valence-electron chi connectivity index (χ1n) is 14.6. The van der Waals surface area contributed by atoms with Gasteiger partial charge < -0.3 is 19.8 Å². The number of nitrogens with zero attached hydrogens (tertiary/aromatic N) is 4. The molecular formula is C28H51N5O2PS+. The van der Waals surface area contributed by atoms with Crippen molar-refractivity contribution in [1.29, 1.82) is 0 Å². The molecule has 3 atom stereocenters. The van der Waals surface area contributed by atoms with Crippen LogP contribution in [0.3, 0.4) is 0 Å². The molecule has 0 aliphatic carbocycles. The van der Waals surface area contributed by atoms with E-state index in [1.165, 1.54) is 89.8 Å². The average molecular weight is 553 g/mol. The maximum atomic E-state index is 6.17. The van der Waals surface area contributed by atoms with Gasteiger partial charge in [-0.25, -0.2) is 15.0 Å². The normalized spacial score (nSPS) is 13.8. The number of unbranched alkanes of at least 4 members (excludes halogenated alkanes) is 13. The molecular weight excluding hydrogens is 501 g/mol. The van der Waals surface area contributed by atoms with E-state index >= 15 is 0 Å². The number of anilines is 1. The van der Waals surface area contributed by atoms with Crippen LogP contribution < -0.4 is 5.73 Å². The second kappa shape index (κ2) is 19.8. The standard InChI is InChI=1S/C28H51N5O2PS/c1-4-6-7-8-9-10-11-12-13-14-15-16-17-18-19-34-25(5-2)36(37)23-35-24(3)20-33-22-32-26-27(29)30-21-31-28(26)33/h21-22,24-25H,4-20,23H2,1-3H3,(H2,29,30,31)/q+1. The lowest BCUT2D eigenvalue weighted by atomic mass is 10.0. The summed E-state index contributed by atoms with van der Waals surface area (Å²) in [5.41, 5.74) is 7.24. The lowest BCUT2D eigenvalue weighted by molar-refractivity contribution is 0.0785. The number of hydrogen-bond acceptors (Lipinski definition) is 7. The third-order valence-corrected chi connectivity index (χ3v) is 9.43. The highest BCUT2D eigenvalue weighted by atomic mass is 32.4. The fourth-order valence-corrected chi connectivity index (χ4v) is 6.63. The average Bonchev–Trinajstić information content (AvgIpc) is 3.31. The number of ether oxygens (including phenoxy) is 2. The predicted molar refractivity (Wildman–Crippen MR) is 160 cm³/mol. The summed E-state index contributed by atoms with van der Waals surface area (Å²) in [5, 5.41) is 0. The quantitative estimate of drug-likeness (QED) is 0.111. The molecule has 0 aliphatic heterocycles. The van der Waals surface area contributed by atoms with E-state index in [0.29, 0.717) is 24.2 Å². The van der Waals surface area contributed by atoms with Gasteiger partial charge in [-0.05, 0) is 13.3 Å². The van der Waals surface area contributed by atoms with Crippen LogP contribution >= 0.6 is 6.70 Å². The van der Waals surface area contributed by atoms with Crippen LogP contribution in [0.2, 0.25) is 0 Å². The van der Waals surface area contributed by atoms with Gasteiger partial charge in [0.2, 0.25) is 18.9 Å². The smallest absolute Gasteiger partial charge is 0.234 e. The zero-order valence-electron chi connectivity index (χ0n) is 23.6. The van der Waals surface area contributed by atoms with Gasteiger partial charge in [0.25, 0.3) is 0 Å². The molecule has 2 rings (SSSR count). The number of imidazole rings is 1. The summed E-state index contributed by atoms with van der Waals surface area (Å²) < 4.78 is 14.2. The first kappa shape index (κ1) is 32.0. The second-order valence-corrected chi connectivity index (χ2v) is 13.3. The van der Waals surface area contributed by atoms with Crippen molar-refractivity contribution in [3.05, 3.63) is 12.7 Å². The molecule has 0 saturated heterocycles. The molecule has 0 saturated carbocycles. The van der Waals surface area contributed by atoms with E-state index in [2.05, 4.69) is 28.8 Å². The minimum atomic E-state index is -0.754. The lowest BCUT2D eigenvalue weighted by Crippen LogP contribution is -2.18. The predicted octanol–water partition coefficient (Wildman–Crippen LogP) is 7.95. The number of aromatic nitrogens is 4. The minimum Gasteiger partial charge on any atom is -0.382 e. The molecule has 3 unspecified atom stereocenters. The van der Waals surface area contributed by atoms with Crippen molar-refractivity contribution in [3.63, 3.8) is 0 Å². The summed E-state index contributed by atoms with van der Waals surface area (Å²) in [4.78, 5) is 12.6. The highest BCUT2D eigenvalue weighted by Crippen LogP contribution is 2.32. The fraction of sp³-hybridized carbons (Fsp3) is 0.821. The Morgan fingerprint density at radius 1 is 0.865 bits per heavy atom. The molecule has 2 aromatic rings. The Labute approximate surface area is 231 Å². The zero-order chi connectivity index (χ0) is 26.7. The third kappa shape index (κ3) is 12.9. The molecule has 2 N–H and O–H groups in total. The zero-order valence-corrected chi connectivity index (χ0v) is 25.3. The van der Waals surface area contributed by atoms with Crippen molar-refractivity contribution in [2.75, 3.05) is 18.7 Å². The third-order valence-electron chi connectivity index (χ3n) is 6.85. The highest BCUT2D eigenvalue weighted by molar-refractivity contribution is 8.05. The molecule has 0 aliphatic rings. The minimum absolute atomic E-state index is 0.00941. The van der Waals surface area contributed by atoms with Crippen LogP contribution in [0.5, 0.6) is 0 Å². The number of fused-ring (bicyclic) bond motifs is 1. The maximum absolute atomic E-state index is 6.17. The Balaban J connectivity index is 1.48. The van der Waals surface area contributed by atoms with E-state index in [-0.39, 0.29) is 11.9 Å². The van der Waals surface area contributed by atoms with Gasteiger partial charge >= 0.3 is 0 Å². The fourth-order valence-electron chi connectivity index (χ4n) is 4.57. The van der Waals surface area contributed by atoms with Crippen molar-refractivity contribution < 1.29 is 9.47 Å². The summed E-state index contributed by atoms with van der Waals surface area (Å²) >= 11 is 5.78. The molecule has 37 heavy (non-hydrogen) atoms. The van der Waals surface area contributed by atoms with E-state index in [4.69, 9.17) is 27.0 Å². The molecule has 0 radical (unpaired) electrons. The van der Waals surface area contributed by atoms with Gasteiger partial charge in [0.15, 0.2) is 23.3 Å². The maximum Gasteiger partial charge on any atom is 0.234 e. The Morgan fingerprint density at radius 3 is 2.05 bits per heavy atom. The van der Waals surface area contributed by atoms with Crippen molar-refractivity contribution >= 4 is 35.5 Å². The van der Waals surface area contributed by atoms with E-state index < -0.39 is 6.70 Å². The van der Waals surface area contributed by atoms with Gasteiger partial charge in [-0.1, -0.05) is 97.3 Å². The summed E-state index contributed by atoms with van der Waals surface area (Å²) in [5.74, 6) is 0.522. The van der Waals surface area contributed by atoms with Gasteiger partial charge in [0, 0.05) is 6.42 Å². The number of hydrogen-bond donors (Lipinski definition) is 1. The lowest BCUT2D eigenvalue weighted by Gasteiger charge is -2.14. The molecule has 2 heterocycles. The van der Waals surface area contributed by atoms with Gasteiger partial charge in [-0.3, -0.25) is 0 Å². The summed E-state index contributed by atoms with van der Waals surface area (Å²) in [6.07, 6.45) is 23.9. The molecule has 0 bridgehead atoms. The molecule has 0 aromatic carbocycles. The SMILES string of the molecule is CCCCCCCCCCCCCCCCOC(CC)[P+](=S)COC(C)Cn1cnc2c(N)ncnc21. The Kier molecular flexibility index (Phi) is 17.1. The van der Waals surface area contributed by atoms with Gasteiger partial charge in [-0.2, -0.15) is 0 Å². The molecule has 2 aromatic heterocycles. The van der Waals surface area contributed by atoms with E-state index in [9.17, 15) is 0 Å². The molecule has 7 nitrogen and oxygen atoms in total. The summed E-state index contributed by atoms with van der Waals surface area (Å²) in [6, 6.07) is 0. The molecule has 0 fully saturated rings. The summed E-state index contributed by atoms with van der Waals surface area (Å²) in [7, 11) is 0. The number of nitrogen functional groups attached to an aromatic ring is 1. The number of rotatable bonds is 23. The number of nitrogens with two attached hydrogens (primary N) is 1. The van der Waals surface area contributed by atoms with Crippen LogP contribution in [0.4, 0.5) is 5.82 Å². The Hall–Kier alpha value is -1.21. The Morgan fingerprint density at radius 2 is 1.46 bits per heavy atom. The van der Waals surface area contributed by atoms with Crippen LogP contribution in [0, 0.1) is 0 Å². The first-order valence-corrected chi connectivity index (χ1v) is 17.3. The molecule has 210 valence electrons. The van der Waals surface area contributed by atoms with Crippen molar-refractivity contribution in [2.24, 2.45) is 0 Å². The van der Waals surface area contributed by atoms with Gasteiger partial charge in [-0.15, -0.1) is 0 Å². The van der Waals surface area contributed by atoms with E-state index in [1.807, 2.05) is 11.5 Å². The molecule has 0 spiro atoms. The van der Waals surface area contributed by atoms with Crippen LogP contribution in [0.1, 0.15) is 117 Å². The van der Waals surface area contributed by atoms with Crippen molar-refractivity contribution in [2.45, 2.75) is 136 Å². The van der Waals surface area contributed by atoms with Crippen LogP contribution in [0.15, 0.2) is 12.7 Å². The second-order valence-electron chi connectivity index (χ2n) is 10.2. The van der Waals surface area contributed by atoms with Crippen molar-refractivity contribution in [3.8, 4) is 0 Å². The summed E-state index contributed by atoms with van der Waals surface area (Å²) in [6.45, 7) is 7.18. The molecule has 9 heteroatoms. The van der Waals surface area contributed by atoms with E-state index in [1.54, 1.807) is 6.33 Å². The monoisotopic (exact) mass is 552 g/mol. The first-order chi connectivity index (χ1) is 18.1. The van der Waals surface area contributed by atoms with Gasteiger partial charge in [0.1, 0.15) is 11.8 Å². The highest BCUT2D eigenvalue weighted by Gasteiger charge is 2.25. The van der Waals surface area contributed by atoms with Crippen LogP contribution in [0.25, 0.3) is 11.2 Å². The topological polar surface area (TPSA) is 88.1 Å². The van der Waals surface area contributed by atoms with Crippen LogP contribution in [-0.2, 0) is 27.8 Å². The van der Waals surface area contributed by atoms with Crippen LogP contribution in [-0.4, -0.2) is 44.4 Å². The van der Waals surface area contributed by atoms with E-state index in [0.717, 1.165) is 25.1 Å². The van der Waals surface area contributed by atoms with Crippen molar-refractivity contribution in [1.82, 2.24) is 19.5 Å². The van der Waals surface area contributed by atoms with Gasteiger partial charge in [0.05, 0.1) is 25.6 Å². The molecule has 0 amide bonds.